The molecular formula is C47H59N3O11Si. The van der Waals surface area contributed by atoms with Gasteiger partial charge in [0.05, 0.1) is 12.7 Å². The average Bonchev–Trinajstić information content (AvgIpc) is 3.58. The fourth-order valence-corrected chi connectivity index (χ4v) is 12.6. The van der Waals surface area contributed by atoms with Gasteiger partial charge in [-0.3, -0.25) is 9.59 Å². The lowest BCUT2D eigenvalue weighted by Gasteiger charge is -2.43. The number of alkyl carbamates (subject to hydrolysis) is 1. The van der Waals surface area contributed by atoms with E-state index >= 15 is 0 Å². The minimum Gasteiger partial charge on any atom is -0.480 e. The third kappa shape index (κ3) is 11.1. The Kier molecular flexibility index (Phi) is 16.2. The largest absolute Gasteiger partial charge is 0.480 e. The summed E-state index contributed by atoms with van der Waals surface area (Å²) in [6.45, 7) is 8.60. The third-order valence-corrected chi connectivity index (χ3v) is 16.4. The Morgan fingerprint density at radius 2 is 1.21 bits per heavy atom. The third-order valence-electron chi connectivity index (χ3n) is 11.4. The van der Waals surface area contributed by atoms with Crippen molar-refractivity contribution in [2.75, 3.05) is 19.8 Å². The van der Waals surface area contributed by atoms with E-state index in [0.717, 1.165) is 32.6 Å². The number of carbonyl (C=O) groups excluding carboxylic acids is 3. The molecule has 0 spiro atoms. The van der Waals surface area contributed by atoms with Gasteiger partial charge in [-0.15, -0.1) is 0 Å². The van der Waals surface area contributed by atoms with Crippen LogP contribution in [0.25, 0.3) is 11.1 Å². The van der Waals surface area contributed by atoms with Crippen LogP contribution in [0.5, 0.6) is 0 Å². The van der Waals surface area contributed by atoms with E-state index in [-0.39, 0.29) is 25.6 Å². The number of benzene rings is 4. The molecule has 1 aliphatic carbocycles. The summed E-state index contributed by atoms with van der Waals surface area (Å²) in [7, 11) is -3.10. The summed E-state index contributed by atoms with van der Waals surface area (Å²) in [6, 6.07) is 32.3. The topological polar surface area (TPSA) is 224 Å². The number of ether oxygens (including phenoxy) is 1. The van der Waals surface area contributed by atoms with E-state index in [0.29, 0.717) is 0 Å². The van der Waals surface area contributed by atoms with Crippen LogP contribution in [0.15, 0.2) is 109 Å². The van der Waals surface area contributed by atoms with Crippen LogP contribution < -0.4 is 26.3 Å². The van der Waals surface area contributed by atoms with Gasteiger partial charge in [-0.2, -0.15) is 0 Å². The predicted molar refractivity (Wildman–Crippen MR) is 236 cm³/mol. The summed E-state index contributed by atoms with van der Waals surface area (Å²) in [5, 5.41) is 62.1. The zero-order chi connectivity index (χ0) is 45.2. The zero-order valence-electron chi connectivity index (χ0n) is 35.7. The molecule has 1 unspecified atom stereocenters. The maximum absolute atomic E-state index is 13.3. The van der Waals surface area contributed by atoms with Crippen LogP contribution in [0.3, 0.4) is 0 Å². The molecule has 0 fully saturated rings. The van der Waals surface area contributed by atoms with Crippen LogP contribution in [-0.2, 0) is 23.5 Å². The molecule has 0 aliphatic heterocycles. The van der Waals surface area contributed by atoms with Gasteiger partial charge in [0.25, 0.3) is 8.32 Å². The molecule has 332 valence electrons. The second kappa shape index (κ2) is 21.1. The fourth-order valence-electron chi connectivity index (χ4n) is 8.05. The Bertz CT molecular complexity index is 2050. The van der Waals surface area contributed by atoms with Crippen molar-refractivity contribution in [3.05, 3.63) is 120 Å². The van der Waals surface area contributed by atoms with E-state index in [1.54, 1.807) is 13.8 Å². The summed E-state index contributed by atoms with van der Waals surface area (Å²) < 4.78 is 12.2. The minimum atomic E-state index is -3.10. The molecular weight excluding hydrogens is 811 g/mol. The minimum absolute atomic E-state index is 0.0157. The van der Waals surface area contributed by atoms with Crippen LogP contribution in [0.2, 0.25) is 5.04 Å². The molecule has 0 aromatic heterocycles. The Morgan fingerprint density at radius 1 is 0.710 bits per heavy atom. The van der Waals surface area contributed by atoms with Crippen LogP contribution in [0, 0.1) is 5.92 Å². The lowest BCUT2D eigenvalue weighted by atomic mass is 9.98. The average molecular weight is 870 g/mol. The van der Waals surface area contributed by atoms with Gasteiger partial charge >= 0.3 is 12.1 Å². The quantitative estimate of drug-likeness (QED) is 0.0603. The molecule has 0 bridgehead atoms. The second-order valence-corrected chi connectivity index (χ2v) is 21.3. The Labute approximate surface area is 363 Å². The van der Waals surface area contributed by atoms with Crippen molar-refractivity contribution in [1.29, 1.82) is 0 Å². The van der Waals surface area contributed by atoms with Crippen molar-refractivity contribution in [2.45, 2.75) is 94.9 Å². The molecule has 15 heteroatoms. The number of hydrogen-bond acceptors (Lipinski definition) is 10. The number of amides is 3. The van der Waals surface area contributed by atoms with E-state index in [4.69, 9.17) is 9.16 Å². The van der Waals surface area contributed by atoms with Crippen molar-refractivity contribution in [1.82, 2.24) is 16.0 Å². The molecule has 0 radical (unpaired) electrons. The number of aliphatic hydroxyl groups excluding tert-OH is 4. The number of carboxylic acids is 1. The highest BCUT2D eigenvalue weighted by atomic mass is 28.4. The van der Waals surface area contributed by atoms with Crippen molar-refractivity contribution in [3.63, 3.8) is 0 Å². The van der Waals surface area contributed by atoms with E-state index in [9.17, 15) is 44.7 Å². The smallest absolute Gasteiger partial charge is 0.407 e. The van der Waals surface area contributed by atoms with Crippen molar-refractivity contribution >= 4 is 42.6 Å². The highest BCUT2D eigenvalue weighted by molar-refractivity contribution is 6.99. The lowest BCUT2D eigenvalue weighted by Crippen LogP contribution is -2.67. The normalized spacial score (nSPS) is 15.6. The van der Waals surface area contributed by atoms with Crippen LogP contribution in [-0.4, -0.2) is 114 Å². The molecule has 62 heavy (non-hydrogen) atoms. The van der Waals surface area contributed by atoms with Crippen LogP contribution >= 0.6 is 0 Å². The Balaban J connectivity index is 1.10. The van der Waals surface area contributed by atoms with Gasteiger partial charge < -0.3 is 50.6 Å². The van der Waals surface area contributed by atoms with Crippen LogP contribution in [0.4, 0.5) is 4.79 Å². The number of hydrogen-bond donors (Lipinski definition) is 8. The van der Waals surface area contributed by atoms with Gasteiger partial charge in [0.15, 0.2) is 0 Å². The predicted octanol–water partition coefficient (Wildman–Crippen LogP) is 3.04. The van der Waals surface area contributed by atoms with Gasteiger partial charge in [-0.1, -0.05) is 144 Å². The standard InChI is InChI=1S/C47H59N3O11Si/c1-29(2)41(50-46(59)60-27-36-34-22-14-12-20-32(34)33-21-13-15-23-35(33)36)44(56)49-37(45(57)58)24-25-40(53)48-26-38(51)42(54)43(55)39(52)28-61-62(47(3,4)5,30-16-8-6-9-17-30)31-18-10-7-11-19-31/h6-23,29,36-39,41-43,51-52,54-55H,24-28H2,1-5H3,(H,48,53)(H,49,56)(H,50,59)(H,57,58)/t37?,38-,39+,41-,42+,43+/m0/s1. The summed E-state index contributed by atoms with van der Waals surface area (Å²) in [4.78, 5) is 51.2. The number of rotatable bonds is 20. The highest BCUT2D eigenvalue weighted by Crippen LogP contribution is 2.44. The molecule has 14 nitrogen and oxygen atoms in total. The molecule has 0 saturated carbocycles. The zero-order valence-corrected chi connectivity index (χ0v) is 36.7. The van der Waals surface area contributed by atoms with Gasteiger partial charge in [-0.05, 0) is 50.0 Å². The van der Waals surface area contributed by atoms with Crippen molar-refractivity contribution in [3.8, 4) is 11.1 Å². The number of carbonyl (C=O) groups is 4. The molecule has 3 amide bonds. The number of fused-ring (bicyclic) bond motifs is 3. The second-order valence-electron chi connectivity index (χ2n) is 17.0. The van der Waals surface area contributed by atoms with Gasteiger partial charge in [0.1, 0.15) is 37.0 Å². The van der Waals surface area contributed by atoms with E-state index in [1.165, 1.54) is 0 Å². The highest BCUT2D eigenvalue weighted by Gasteiger charge is 2.51. The number of carboxylic acid groups (broad SMARTS) is 1. The molecule has 8 N–H and O–H groups in total. The van der Waals surface area contributed by atoms with Crippen molar-refractivity contribution in [2.24, 2.45) is 5.92 Å². The maximum Gasteiger partial charge on any atom is 0.407 e. The SMILES string of the molecule is CC(C)[C@H](NC(=O)OCC1c2ccccc2-c2ccccc21)C(=O)NC(CCC(=O)NC[C@H](O)[C@@H](O)[C@H](O)[C@H](O)CO[Si](c1ccccc1)(c1ccccc1)C(C)(C)C)C(=O)O. The summed E-state index contributed by atoms with van der Waals surface area (Å²) in [5.41, 5.74) is 4.15. The molecule has 4 aromatic carbocycles. The van der Waals surface area contributed by atoms with Gasteiger partial charge in [0, 0.05) is 18.9 Å². The first kappa shape index (κ1) is 47.6. The van der Waals surface area contributed by atoms with Crippen molar-refractivity contribution < 1.29 is 53.9 Å². The van der Waals surface area contributed by atoms with Gasteiger partial charge in [0.2, 0.25) is 11.8 Å². The molecule has 4 aromatic rings. The summed E-state index contributed by atoms with van der Waals surface area (Å²) >= 11 is 0. The first-order valence-electron chi connectivity index (χ1n) is 20.8. The number of aliphatic hydroxyl groups is 4. The molecule has 1 aliphatic rings. The summed E-state index contributed by atoms with van der Waals surface area (Å²) in [5.74, 6) is -3.57. The number of aliphatic carboxylic acids is 1. The Hall–Kier alpha value is -5.42. The van der Waals surface area contributed by atoms with Crippen LogP contribution in [0.1, 0.15) is 64.5 Å². The first-order chi connectivity index (χ1) is 29.5. The molecule has 0 saturated heterocycles. The summed E-state index contributed by atoms with van der Waals surface area (Å²) in [6.07, 6.45) is -8.69. The Morgan fingerprint density at radius 3 is 1.71 bits per heavy atom. The fraction of sp³-hybridized carbons (Fsp3) is 0.404. The molecule has 5 rings (SSSR count). The molecule has 0 heterocycles. The molecule has 6 atom stereocenters. The van der Waals surface area contributed by atoms with E-state index in [2.05, 4.69) is 16.0 Å². The van der Waals surface area contributed by atoms with Gasteiger partial charge in [-0.25, -0.2) is 9.59 Å². The van der Waals surface area contributed by atoms with E-state index in [1.807, 2.05) is 130 Å². The first-order valence-corrected chi connectivity index (χ1v) is 22.8. The monoisotopic (exact) mass is 869 g/mol. The maximum atomic E-state index is 13.3. The number of nitrogens with one attached hydrogen (secondary N) is 3. The van der Waals surface area contributed by atoms with E-state index < -0.39 is 92.6 Å². The lowest BCUT2D eigenvalue weighted by molar-refractivity contribution is -0.142.